The third-order valence-corrected chi connectivity index (χ3v) is 3.04. The minimum atomic E-state index is 0.605. The molecule has 0 fully saturated rings. The summed E-state index contributed by atoms with van der Waals surface area (Å²) in [6, 6.07) is 4.12. The van der Waals surface area contributed by atoms with Crippen LogP contribution in [0.3, 0.4) is 0 Å². The van der Waals surface area contributed by atoms with Crippen LogP contribution in [0.5, 0.6) is 0 Å². The van der Waals surface area contributed by atoms with E-state index in [-0.39, 0.29) is 0 Å². The summed E-state index contributed by atoms with van der Waals surface area (Å²) in [7, 11) is 0. The lowest BCUT2D eigenvalue weighted by atomic mass is 10.3. The van der Waals surface area contributed by atoms with Gasteiger partial charge in [-0.15, -0.1) is 11.3 Å². The van der Waals surface area contributed by atoms with Crippen molar-refractivity contribution in [3.05, 3.63) is 29.0 Å². The number of nitrogens with zero attached hydrogens (tertiary/aromatic N) is 1. The first kappa shape index (κ1) is 8.47. The van der Waals surface area contributed by atoms with Crippen LogP contribution in [-0.2, 0) is 6.54 Å². The standard InChI is InChI=1S/C9H11N3S/c1-6-9(12-5-11-6)8-3-2-7(4-10)13-8/h2-3,5H,4,10H2,1H3,(H,11,12). The summed E-state index contributed by atoms with van der Waals surface area (Å²) in [5.41, 5.74) is 7.67. The van der Waals surface area contributed by atoms with E-state index in [1.54, 1.807) is 17.7 Å². The Labute approximate surface area is 80.6 Å². The zero-order valence-corrected chi connectivity index (χ0v) is 8.19. The number of imidazole rings is 1. The Morgan fingerprint density at radius 1 is 1.54 bits per heavy atom. The van der Waals surface area contributed by atoms with Crippen molar-refractivity contribution in [3.63, 3.8) is 0 Å². The molecular formula is C9H11N3S. The lowest BCUT2D eigenvalue weighted by Gasteiger charge is -1.91. The van der Waals surface area contributed by atoms with Crippen LogP contribution in [-0.4, -0.2) is 9.97 Å². The minimum absolute atomic E-state index is 0.605. The molecule has 0 saturated carbocycles. The molecule has 0 aliphatic heterocycles. The van der Waals surface area contributed by atoms with Crippen molar-refractivity contribution < 1.29 is 0 Å². The Balaban J connectivity index is 2.41. The van der Waals surface area contributed by atoms with E-state index in [9.17, 15) is 0 Å². The Kier molecular flexibility index (Phi) is 2.16. The van der Waals surface area contributed by atoms with Crippen LogP contribution in [0.15, 0.2) is 18.5 Å². The third kappa shape index (κ3) is 1.50. The number of aryl methyl sites for hydroxylation is 1. The topological polar surface area (TPSA) is 54.7 Å². The van der Waals surface area contributed by atoms with Crippen LogP contribution >= 0.6 is 11.3 Å². The molecule has 0 unspecified atom stereocenters. The molecule has 13 heavy (non-hydrogen) atoms. The lowest BCUT2D eigenvalue weighted by molar-refractivity contribution is 1.11. The molecule has 2 aromatic rings. The second-order valence-corrected chi connectivity index (χ2v) is 4.01. The molecule has 3 nitrogen and oxygen atoms in total. The van der Waals surface area contributed by atoms with Gasteiger partial charge in [-0.2, -0.15) is 0 Å². The summed E-state index contributed by atoms with van der Waals surface area (Å²) in [5, 5.41) is 0. The molecule has 0 radical (unpaired) electrons. The summed E-state index contributed by atoms with van der Waals surface area (Å²) in [6.07, 6.45) is 1.71. The normalized spacial score (nSPS) is 10.6. The highest BCUT2D eigenvalue weighted by molar-refractivity contribution is 7.15. The summed E-state index contributed by atoms with van der Waals surface area (Å²) >= 11 is 1.70. The van der Waals surface area contributed by atoms with Gasteiger partial charge >= 0.3 is 0 Å². The van der Waals surface area contributed by atoms with E-state index in [1.807, 2.05) is 13.0 Å². The van der Waals surface area contributed by atoms with Crippen LogP contribution in [0.2, 0.25) is 0 Å². The number of aromatic amines is 1. The molecule has 68 valence electrons. The van der Waals surface area contributed by atoms with Crippen LogP contribution in [0.25, 0.3) is 10.6 Å². The number of H-pyrrole nitrogens is 1. The summed E-state index contributed by atoms with van der Waals surface area (Å²) in [6.45, 7) is 2.62. The molecule has 4 heteroatoms. The van der Waals surface area contributed by atoms with Crippen LogP contribution in [0.4, 0.5) is 0 Å². The fourth-order valence-electron chi connectivity index (χ4n) is 1.22. The maximum absolute atomic E-state index is 5.54. The highest BCUT2D eigenvalue weighted by Gasteiger charge is 2.06. The third-order valence-electron chi connectivity index (χ3n) is 1.93. The van der Waals surface area contributed by atoms with E-state index in [0.717, 1.165) is 11.4 Å². The van der Waals surface area contributed by atoms with Crippen molar-refractivity contribution in [2.75, 3.05) is 0 Å². The Morgan fingerprint density at radius 2 is 2.38 bits per heavy atom. The fraction of sp³-hybridized carbons (Fsp3) is 0.222. The number of nitrogens with one attached hydrogen (secondary N) is 1. The molecular weight excluding hydrogens is 182 g/mol. The van der Waals surface area contributed by atoms with Gasteiger partial charge in [-0.3, -0.25) is 0 Å². The first-order chi connectivity index (χ1) is 6.31. The Bertz CT molecular complexity index is 402. The number of nitrogens with two attached hydrogens (primary N) is 1. The molecule has 2 aromatic heterocycles. The molecule has 0 atom stereocenters. The van der Waals surface area contributed by atoms with E-state index < -0.39 is 0 Å². The van der Waals surface area contributed by atoms with E-state index >= 15 is 0 Å². The van der Waals surface area contributed by atoms with Crippen molar-refractivity contribution in [1.29, 1.82) is 0 Å². The number of rotatable bonds is 2. The van der Waals surface area contributed by atoms with Gasteiger partial charge in [-0.25, -0.2) is 4.98 Å². The largest absolute Gasteiger partial charge is 0.348 e. The summed E-state index contributed by atoms with van der Waals surface area (Å²) in [4.78, 5) is 9.68. The van der Waals surface area contributed by atoms with Gasteiger partial charge in [0.1, 0.15) is 5.69 Å². The van der Waals surface area contributed by atoms with Gasteiger partial charge < -0.3 is 10.7 Å². The van der Waals surface area contributed by atoms with E-state index in [4.69, 9.17) is 5.73 Å². The van der Waals surface area contributed by atoms with Crippen LogP contribution in [0, 0.1) is 6.92 Å². The van der Waals surface area contributed by atoms with Crippen molar-refractivity contribution in [3.8, 4) is 10.6 Å². The van der Waals surface area contributed by atoms with Crippen molar-refractivity contribution in [1.82, 2.24) is 9.97 Å². The molecule has 0 saturated heterocycles. The van der Waals surface area contributed by atoms with Gasteiger partial charge in [0.05, 0.1) is 11.2 Å². The van der Waals surface area contributed by atoms with Gasteiger partial charge in [0, 0.05) is 17.1 Å². The zero-order chi connectivity index (χ0) is 9.26. The summed E-state index contributed by atoms with van der Waals surface area (Å²) in [5.74, 6) is 0. The second-order valence-electron chi connectivity index (χ2n) is 2.85. The molecule has 0 amide bonds. The number of hydrogen-bond donors (Lipinski definition) is 2. The highest BCUT2D eigenvalue weighted by atomic mass is 32.1. The van der Waals surface area contributed by atoms with Gasteiger partial charge in [0.25, 0.3) is 0 Å². The van der Waals surface area contributed by atoms with Gasteiger partial charge in [-0.05, 0) is 19.1 Å². The maximum Gasteiger partial charge on any atom is 0.101 e. The summed E-state index contributed by atoms with van der Waals surface area (Å²) < 4.78 is 0. The average Bonchev–Trinajstić information content (AvgIpc) is 2.71. The smallest absolute Gasteiger partial charge is 0.101 e. The van der Waals surface area contributed by atoms with Gasteiger partial charge in [-0.1, -0.05) is 0 Å². The molecule has 0 aliphatic carbocycles. The molecule has 0 spiro atoms. The SMILES string of the molecule is Cc1[nH]cnc1-c1ccc(CN)s1. The number of hydrogen-bond acceptors (Lipinski definition) is 3. The molecule has 0 aromatic carbocycles. The molecule has 2 heterocycles. The minimum Gasteiger partial charge on any atom is -0.348 e. The monoisotopic (exact) mass is 193 g/mol. The average molecular weight is 193 g/mol. The molecule has 2 rings (SSSR count). The Morgan fingerprint density at radius 3 is 2.92 bits per heavy atom. The predicted octanol–water partition coefficient (Wildman–Crippen LogP) is 1.91. The van der Waals surface area contributed by atoms with Crippen LogP contribution < -0.4 is 5.73 Å². The van der Waals surface area contributed by atoms with Gasteiger partial charge in [0.15, 0.2) is 0 Å². The quantitative estimate of drug-likeness (QED) is 0.765. The Hall–Kier alpha value is -1.13. The van der Waals surface area contributed by atoms with E-state index in [2.05, 4.69) is 16.0 Å². The number of aromatic nitrogens is 2. The van der Waals surface area contributed by atoms with Crippen LogP contribution in [0.1, 0.15) is 10.6 Å². The predicted molar refractivity (Wildman–Crippen MR) is 54.5 cm³/mol. The lowest BCUT2D eigenvalue weighted by Crippen LogP contribution is -1.91. The van der Waals surface area contributed by atoms with E-state index in [0.29, 0.717) is 6.54 Å². The first-order valence-electron chi connectivity index (χ1n) is 4.10. The number of thiophene rings is 1. The van der Waals surface area contributed by atoms with Gasteiger partial charge in [0.2, 0.25) is 0 Å². The van der Waals surface area contributed by atoms with Crippen molar-refractivity contribution >= 4 is 11.3 Å². The maximum atomic E-state index is 5.54. The van der Waals surface area contributed by atoms with Crippen molar-refractivity contribution in [2.24, 2.45) is 5.73 Å². The first-order valence-corrected chi connectivity index (χ1v) is 4.92. The molecule has 0 bridgehead atoms. The van der Waals surface area contributed by atoms with Crippen molar-refractivity contribution in [2.45, 2.75) is 13.5 Å². The second kappa shape index (κ2) is 3.32. The van der Waals surface area contributed by atoms with E-state index in [1.165, 1.54) is 9.75 Å². The fourth-order valence-corrected chi connectivity index (χ4v) is 2.16. The molecule has 3 N–H and O–H groups in total. The molecule has 0 aliphatic rings. The zero-order valence-electron chi connectivity index (χ0n) is 7.37. The highest BCUT2D eigenvalue weighted by Crippen LogP contribution is 2.27.